The number of furan rings is 1. The summed E-state index contributed by atoms with van der Waals surface area (Å²) in [5, 5.41) is 2.90. The molecule has 9 heteroatoms. The second-order valence-corrected chi connectivity index (χ2v) is 8.49. The molecule has 1 saturated carbocycles. The van der Waals surface area contributed by atoms with Gasteiger partial charge in [-0.3, -0.25) is 14.4 Å². The first-order valence-electron chi connectivity index (χ1n) is 10.6. The lowest BCUT2D eigenvalue weighted by Gasteiger charge is -2.38. The number of carbonyl (C=O) groups is 4. The van der Waals surface area contributed by atoms with E-state index in [2.05, 4.69) is 5.32 Å². The molecule has 1 aliphatic carbocycles. The van der Waals surface area contributed by atoms with Crippen molar-refractivity contribution in [3.63, 3.8) is 0 Å². The lowest BCUT2D eigenvalue weighted by molar-refractivity contribution is -0.145. The quantitative estimate of drug-likeness (QED) is 0.752. The Hall–Kier alpha value is -2.84. The van der Waals surface area contributed by atoms with Crippen molar-refractivity contribution >= 4 is 23.8 Å². The molecule has 5 amide bonds. The lowest BCUT2D eigenvalue weighted by atomic mass is 9.73. The first-order chi connectivity index (χ1) is 14.3. The summed E-state index contributed by atoms with van der Waals surface area (Å²) in [6, 6.07) is 1.91. The second-order valence-electron chi connectivity index (χ2n) is 8.49. The Morgan fingerprint density at radius 2 is 1.87 bits per heavy atom. The van der Waals surface area contributed by atoms with Crippen LogP contribution in [0, 0.1) is 5.92 Å². The molecular weight excluding hydrogens is 388 g/mol. The van der Waals surface area contributed by atoms with E-state index in [0.717, 1.165) is 24.2 Å². The van der Waals surface area contributed by atoms with Crippen LogP contribution in [-0.4, -0.2) is 76.2 Å². The summed E-state index contributed by atoms with van der Waals surface area (Å²) in [6.07, 6.45) is 4.88. The third-order valence-electron chi connectivity index (χ3n) is 6.80. The molecule has 3 atom stereocenters. The zero-order chi connectivity index (χ0) is 21.5. The van der Waals surface area contributed by atoms with Gasteiger partial charge in [-0.05, 0) is 37.8 Å². The Morgan fingerprint density at radius 3 is 2.50 bits per heavy atom. The van der Waals surface area contributed by atoms with Gasteiger partial charge >= 0.3 is 6.03 Å². The molecule has 0 aromatic carbocycles. The largest absolute Gasteiger partial charge is 0.459 e. The molecule has 2 saturated heterocycles. The summed E-state index contributed by atoms with van der Waals surface area (Å²) in [5.41, 5.74) is -0.877. The van der Waals surface area contributed by atoms with Crippen LogP contribution in [0.25, 0.3) is 0 Å². The normalized spacial score (nSPS) is 28.1. The summed E-state index contributed by atoms with van der Waals surface area (Å²) < 4.78 is 5.16. The van der Waals surface area contributed by atoms with Gasteiger partial charge in [-0.2, -0.15) is 0 Å². The average molecular weight is 416 g/mol. The van der Waals surface area contributed by atoms with Crippen molar-refractivity contribution in [2.75, 3.05) is 26.2 Å². The molecule has 0 bridgehead atoms. The fraction of sp³-hybridized carbons (Fsp3) is 0.619. The molecule has 9 nitrogen and oxygen atoms in total. The summed E-state index contributed by atoms with van der Waals surface area (Å²) >= 11 is 0. The molecule has 1 aromatic heterocycles. The third-order valence-corrected chi connectivity index (χ3v) is 6.80. The molecule has 4 rings (SSSR count). The maximum atomic E-state index is 13.2. The van der Waals surface area contributed by atoms with Crippen LogP contribution in [0.1, 0.15) is 50.1 Å². The molecule has 1 spiro atoms. The lowest BCUT2D eigenvalue weighted by Crippen LogP contribution is -2.57. The first-order valence-corrected chi connectivity index (χ1v) is 10.6. The molecule has 2 aliphatic heterocycles. The van der Waals surface area contributed by atoms with Crippen molar-refractivity contribution in [3.8, 4) is 0 Å². The number of carbonyl (C=O) groups excluding carboxylic acids is 4. The Bertz CT molecular complexity index is 846. The number of hydrogen-bond donors (Lipinski definition) is 1. The zero-order valence-corrected chi connectivity index (χ0v) is 17.4. The smallest absolute Gasteiger partial charge is 0.325 e. The van der Waals surface area contributed by atoms with Crippen LogP contribution in [0.4, 0.5) is 4.79 Å². The van der Waals surface area contributed by atoms with Gasteiger partial charge in [0.05, 0.1) is 6.26 Å². The maximum absolute atomic E-state index is 13.2. The van der Waals surface area contributed by atoms with E-state index in [1.807, 2.05) is 6.92 Å². The minimum Gasteiger partial charge on any atom is -0.459 e. The number of rotatable bonds is 3. The van der Waals surface area contributed by atoms with E-state index in [4.69, 9.17) is 4.42 Å². The Morgan fingerprint density at radius 1 is 1.17 bits per heavy atom. The van der Waals surface area contributed by atoms with Gasteiger partial charge in [0.25, 0.3) is 11.8 Å². The highest BCUT2D eigenvalue weighted by Crippen LogP contribution is 2.38. The van der Waals surface area contributed by atoms with Crippen LogP contribution in [0.3, 0.4) is 0 Å². The van der Waals surface area contributed by atoms with Gasteiger partial charge in [0.1, 0.15) is 11.6 Å². The highest BCUT2D eigenvalue weighted by molar-refractivity contribution is 6.10. The number of urea groups is 1. The topological polar surface area (TPSA) is 103 Å². The predicted octanol–water partition coefficient (Wildman–Crippen LogP) is 1.45. The predicted molar refractivity (Wildman–Crippen MR) is 106 cm³/mol. The van der Waals surface area contributed by atoms with E-state index in [1.54, 1.807) is 28.9 Å². The molecule has 162 valence electrons. The number of nitrogens with one attached hydrogen (secondary N) is 1. The fourth-order valence-electron chi connectivity index (χ4n) is 4.87. The highest BCUT2D eigenvalue weighted by atomic mass is 16.3. The van der Waals surface area contributed by atoms with Crippen molar-refractivity contribution < 1.29 is 23.6 Å². The maximum Gasteiger partial charge on any atom is 0.325 e. The van der Waals surface area contributed by atoms with E-state index < -0.39 is 17.6 Å². The Kier molecular flexibility index (Phi) is 5.29. The number of imide groups is 1. The molecular formula is C21H28N4O5. The number of piperazine rings is 1. The standard InChI is InChI=1S/C21H28N4O5/c1-14-6-3-4-8-21(14)19(28)25(20(29)22-21)15(2)17(26)23-9-11-24(12-10-23)18(27)16-7-5-13-30-16/h5,7,13-15H,3-4,6,8-12H2,1-2H3,(H,22,29)/t14-,15+,21+/m0/s1. The van der Waals surface area contributed by atoms with Gasteiger partial charge in [-0.15, -0.1) is 0 Å². The summed E-state index contributed by atoms with van der Waals surface area (Å²) in [5.74, 6) is -0.445. The zero-order valence-electron chi connectivity index (χ0n) is 17.4. The van der Waals surface area contributed by atoms with Crippen LogP contribution in [0.5, 0.6) is 0 Å². The molecule has 0 unspecified atom stereocenters. The third kappa shape index (κ3) is 3.26. The van der Waals surface area contributed by atoms with Gasteiger partial charge in [0.2, 0.25) is 5.91 Å². The second kappa shape index (κ2) is 7.77. The Balaban J connectivity index is 1.40. The van der Waals surface area contributed by atoms with Gasteiger partial charge in [-0.25, -0.2) is 9.69 Å². The monoisotopic (exact) mass is 416 g/mol. The van der Waals surface area contributed by atoms with Crippen LogP contribution in [0.2, 0.25) is 0 Å². The average Bonchev–Trinajstić information content (AvgIpc) is 3.36. The molecule has 3 fully saturated rings. The van der Waals surface area contributed by atoms with E-state index >= 15 is 0 Å². The SMILES string of the molecule is C[C@H](C(=O)N1CCN(C(=O)c2ccco2)CC1)N1C(=O)N[C@@]2(CCCC[C@@H]2C)C1=O. The molecule has 3 aliphatic rings. The van der Waals surface area contributed by atoms with E-state index in [1.165, 1.54) is 6.26 Å². The minimum absolute atomic E-state index is 0.0474. The first kappa shape index (κ1) is 20.4. The molecule has 0 radical (unpaired) electrons. The van der Waals surface area contributed by atoms with Crippen molar-refractivity contribution in [2.24, 2.45) is 5.92 Å². The van der Waals surface area contributed by atoms with Gasteiger partial charge in [0, 0.05) is 26.2 Å². The number of nitrogens with zero attached hydrogens (tertiary/aromatic N) is 3. The summed E-state index contributed by atoms with van der Waals surface area (Å²) in [6.45, 7) is 5.04. The van der Waals surface area contributed by atoms with Crippen LogP contribution >= 0.6 is 0 Å². The van der Waals surface area contributed by atoms with Crippen molar-refractivity contribution in [2.45, 2.75) is 51.1 Å². The number of hydrogen-bond acceptors (Lipinski definition) is 5. The van der Waals surface area contributed by atoms with Gasteiger partial charge in [0.15, 0.2) is 5.76 Å². The highest BCUT2D eigenvalue weighted by Gasteiger charge is 2.57. The van der Waals surface area contributed by atoms with E-state index in [9.17, 15) is 19.2 Å². The minimum atomic E-state index is -0.877. The fourth-order valence-corrected chi connectivity index (χ4v) is 4.87. The van der Waals surface area contributed by atoms with Gasteiger partial charge in [-0.1, -0.05) is 19.8 Å². The van der Waals surface area contributed by atoms with E-state index in [-0.39, 0.29) is 29.4 Å². The number of amides is 5. The summed E-state index contributed by atoms with van der Waals surface area (Å²) in [4.78, 5) is 55.7. The van der Waals surface area contributed by atoms with Crippen molar-refractivity contribution in [1.29, 1.82) is 0 Å². The Labute approximate surface area is 175 Å². The van der Waals surface area contributed by atoms with E-state index in [0.29, 0.717) is 32.6 Å². The van der Waals surface area contributed by atoms with Crippen molar-refractivity contribution in [1.82, 2.24) is 20.0 Å². The summed E-state index contributed by atoms with van der Waals surface area (Å²) in [7, 11) is 0. The van der Waals surface area contributed by atoms with Crippen LogP contribution in [0.15, 0.2) is 22.8 Å². The molecule has 1 aromatic rings. The van der Waals surface area contributed by atoms with Crippen LogP contribution in [-0.2, 0) is 9.59 Å². The van der Waals surface area contributed by atoms with Crippen molar-refractivity contribution in [3.05, 3.63) is 24.2 Å². The van der Waals surface area contributed by atoms with Gasteiger partial charge < -0.3 is 19.5 Å². The van der Waals surface area contributed by atoms with Crippen LogP contribution < -0.4 is 5.32 Å². The molecule has 3 heterocycles. The molecule has 30 heavy (non-hydrogen) atoms. The molecule has 1 N–H and O–H groups in total.